The molecule has 0 aromatic heterocycles. The molecule has 0 N–H and O–H groups in total. The van der Waals surface area contributed by atoms with Crippen molar-refractivity contribution in [2.45, 2.75) is 49.5 Å². The Labute approximate surface area is 240 Å². The number of amides is 2. The molecule has 8 nitrogen and oxygen atoms in total. The van der Waals surface area contributed by atoms with E-state index in [1.54, 1.807) is 32.8 Å². The summed E-state index contributed by atoms with van der Waals surface area (Å²) >= 11 is 12.3. The smallest absolute Gasteiger partial charge is 0.311 e. The zero-order valence-electron chi connectivity index (χ0n) is 22.0. The van der Waals surface area contributed by atoms with Crippen LogP contribution in [0.25, 0.3) is 0 Å². The van der Waals surface area contributed by atoms with Crippen molar-refractivity contribution in [3.8, 4) is 0 Å². The van der Waals surface area contributed by atoms with Crippen LogP contribution < -0.4 is 0 Å². The molecule has 1 fully saturated rings. The highest BCUT2D eigenvalue weighted by Gasteiger charge is 2.51. The predicted molar refractivity (Wildman–Crippen MR) is 144 cm³/mol. The molecule has 0 spiro atoms. The third-order valence-electron chi connectivity index (χ3n) is 6.82. The molecule has 4 rings (SSSR count). The van der Waals surface area contributed by atoms with Gasteiger partial charge in [-0.25, -0.2) is 12.7 Å². The first-order valence-electron chi connectivity index (χ1n) is 12.2. The summed E-state index contributed by atoms with van der Waals surface area (Å²) < 4.78 is 68.4. The number of nitrogens with zero attached hydrogens (tertiary/aromatic N) is 4. The Balaban J connectivity index is 1.85. The van der Waals surface area contributed by atoms with Crippen molar-refractivity contribution in [2.24, 2.45) is 0 Å². The van der Waals surface area contributed by atoms with Gasteiger partial charge in [0.25, 0.3) is 10.0 Å². The number of carbonyl (C=O) groups excluding carboxylic acids is 2. The first kappa shape index (κ1) is 30.2. The zero-order valence-corrected chi connectivity index (χ0v) is 24.3. The minimum Gasteiger partial charge on any atom is -0.311 e. The van der Waals surface area contributed by atoms with Gasteiger partial charge in [0, 0.05) is 23.7 Å². The Morgan fingerprint density at radius 3 is 2.17 bits per heavy atom. The second kappa shape index (κ2) is 10.9. The number of likely N-dealkylation sites (N-methyl/N-ethyl adjacent to an activating group) is 1. The third-order valence-corrected chi connectivity index (χ3v) is 9.31. The Bertz CT molecular complexity index is 1460. The van der Waals surface area contributed by atoms with Gasteiger partial charge in [0.2, 0.25) is 11.8 Å². The fraction of sp³-hybridized carbons (Fsp3) is 0.385. The highest BCUT2D eigenvalue weighted by atomic mass is 35.5. The van der Waals surface area contributed by atoms with Crippen LogP contribution in [0.4, 0.5) is 13.2 Å². The molecule has 0 bridgehead atoms. The molecule has 2 unspecified atom stereocenters. The number of hydrogen-bond donors (Lipinski definition) is 0. The average molecular weight is 619 g/mol. The topological polar surface area (TPSA) is 81.2 Å². The van der Waals surface area contributed by atoms with Gasteiger partial charge in [-0.15, -0.1) is 0 Å². The summed E-state index contributed by atoms with van der Waals surface area (Å²) in [7, 11) is -1.15. The average Bonchev–Trinajstić information content (AvgIpc) is 2.84. The molecule has 1 saturated heterocycles. The molecule has 2 heterocycles. The van der Waals surface area contributed by atoms with E-state index in [4.69, 9.17) is 23.2 Å². The van der Waals surface area contributed by atoms with Crippen molar-refractivity contribution in [3.05, 3.63) is 75.7 Å². The number of hydrogen-bond acceptors (Lipinski definition) is 5. The maximum Gasteiger partial charge on any atom is 0.416 e. The Hall–Kier alpha value is -2.80. The molecule has 14 heteroatoms. The lowest BCUT2D eigenvalue weighted by Gasteiger charge is -2.49. The summed E-state index contributed by atoms with van der Waals surface area (Å²) in [6, 6.07) is 5.63. The molecule has 216 valence electrons. The number of benzene rings is 2. The molecule has 0 saturated carbocycles. The summed E-state index contributed by atoms with van der Waals surface area (Å²) in [6.45, 7) is 3.19. The lowest BCUT2D eigenvalue weighted by atomic mass is 9.98. The Kier molecular flexibility index (Phi) is 8.21. The van der Waals surface area contributed by atoms with Crippen LogP contribution in [-0.4, -0.2) is 78.0 Å². The molecule has 0 radical (unpaired) electrons. The van der Waals surface area contributed by atoms with Crippen LogP contribution in [0, 0.1) is 0 Å². The predicted octanol–water partition coefficient (Wildman–Crippen LogP) is 4.44. The third kappa shape index (κ3) is 5.54. The van der Waals surface area contributed by atoms with E-state index in [2.05, 4.69) is 0 Å². The van der Waals surface area contributed by atoms with Gasteiger partial charge in [0.15, 0.2) is 0 Å². The summed E-state index contributed by atoms with van der Waals surface area (Å²) in [5.74, 6) is -1.06. The van der Waals surface area contributed by atoms with Crippen LogP contribution in [0.3, 0.4) is 0 Å². The molecule has 0 aliphatic carbocycles. The number of carbonyl (C=O) groups is 2. The monoisotopic (exact) mass is 618 g/mol. The first-order chi connectivity index (χ1) is 18.5. The summed E-state index contributed by atoms with van der Waals surface area (Å²) in [4.78, 5) is 31.2. The van der Waals surface area contributed by atoms with E-state index in [0.29, 0.717) is 5.56 Å². The summed E-state index contributed by atoms with van der Waals surface area (Å²) in [6.07, 6.45) is -3.36. The van der Waals surface area contributed by atoms with Gasteiger partial charge in [-0.05, 0) is 63.8 Å². The normalized spacial score (nSPS) is 20.4. The molecule has 2 atom stereocenters. The summed E-state index contributed by atoms with van der Waals surface area (Å²) in [5, 5.41) is 0.113. The van der Waals surface area contributed by atoms with Gasteiger partial charge in [-0.3, -0.25) is 19.4 Å². The molecule has 2 aliphatic rings. The quantitative estimate of drug-likeness (QED) is 0.478. The van der Waals surface area contributed by atoms with Crippen molar-refractivity contribution < 1.29 is 31.2 Å². The van der Waals surface area contributed by atoms with E-state index < -0.39 is 51.7 Å². The molecular formula is C26H27Cl2F3N4O4S. The van der Waals surface area contributed by atoms with Crippen LogP contribution in [0.2, 0.25) is 10.0 Å². The largest absolute Gasteiger partial charge is 0.416 e. The van der Waals surface area contributed by atoms with E-state index in [0.717, 1.165) is 21.3 Å². The fourth-order valence-electron chi connectivity index (χ4n) is 4.68. The maximum atomic E-state index is 14.0. The van der Waals surface area contributed by atoms with Crippen LogP contribution >= 0.6 is 23.2 Å². The van der Waals surface area contributed by atoms with Crippen molar-refractivity contribution in [2.75, 3.05) is 20.6 Å². The SMILES string of the molecule is CC(C)N1C=C2N(C(=O)C(N(C)C)CN2S(=O)(=O)c2ccc(Cl)cc2Cl)C(Cc2ccc(C(F)(F)F)cc2)C1=O. The highest BCUT2D eigenvalue weighted by molar-refractivity contribution is 7.89. The molecule has 2 aromatic rings. The van der Waals surface area contributed by atoms with Gasteiger partial charge >= 0.3 is 6.18 Å². The van der Waals surface area contributed by atoms with Gasteiger partial charge < -0.3 is 4.90 Å². The molecule has 2 aromatic carbocycles. The van der Waals surface area contributed by atoms with Crippen LogP contribution in [-0.2, 0) is 32.2 Å². The van der Waals surface area contributed by atoms with Gasteiger partial charge in [0.1, 0.15) is 22.8 Å². The molecule has 2 amide bonds. The van der Waals surface area contributed by atoms with Crippen molar-refractivity contribution in [3.63, 3.8) is 0 Å². The highest BCUT2D eigenvalue weighted by Crippen LogP contribution is 2.37. The molecule has 40 heavy (non-hydrogen) atoms. The van der Waals surface area contributed by atoms with E-state index >= 15 is 0 Å². The number of sulfonamides is 1. The van der Waals surface area contributed by atoms with E-state index in [-0.39, 0.29) is 33.7 Å². The van der Waals surface area contributed by atoms with E-state index in [1.807, 2.05) is 0 Å². The first-order valence-corrected chi connectivity index (χ1v) is 14.4. The van der Waals surface area contributed by atoms with Crippen LogP contribution in [0.5, 0.6) is 0 Å². The number of alkyl halides is 3. The maximum absolute atomic E-state index is 14.0. The van der Waals surface area contributed by atoms with Crippen LogP contribution in [0.1, 0.15) is 25.0 Å². The Morgan fingerprint density at radius 2 is 1.65 bits per heavy atom. The minimum atomic E-state index is -4.54. The van der Waals surface area contributed by atoms with Crippen molar-refractivity contribution >= 4 is 45.0 Å². The summed E-state index contributed by atoms with van der Waals surface area (Å²) in [5.41, 5.74) is -0.485. The van der Waals surface area contributed by atoms with Gasteiger partial charge in [-0.2, -0.15) is 13.2 Å². The fourth-order valence-corrected chi connectivity index (χ4v) is 6.88. The lowest BCUT2D eigenvalue weighted by molar-refractivity contribution is -0.152. The van der Waals surface area contributed by atoms with Crippen LogP contribution in [0.15, 0.2) is 59.4 Å². The van der Waals surface area contributed by atoms with E-state index in [1.165, 1.54) is 41.4 Å². The second-order valence-corrected chi connectivity index (χ2v) is 12.7. The molecular weight excluding hydrogens is 592 g/mol. The zero-order chi connectivity index (χ0) is 29.7. The lowest BCUT2D eigenvalue weighted by Crippen LogP contribution is -2.67. The van der Waals surface area contributed by atoms with Gasteiger partial charge in [0.05, 0.1) is 17.1 Å². The van der Waals surface area contributed by atoms with Crippen molar-refractivity contribution in [1.29, 1.82) is 0 Å². The van der Waals surface area contributed by atoms with Crippen molar-refractivity contribution in [1.82, 2.24) is 19.0 Å². The standard InChI is InChI=1S/C26H27Cl2F3N4O4S/c1-15(2)33-14-23-34(40(38,39)22-10-9-18(27)12-19(22)28)13-21(32(3)4)25(37)35(23)20(24(33)36)11-16-5-7-17(8-6-16)26(29,30)31/h5-10,12,14-15,20-21H,11,13H2,1-4H3. The molecule has 2 aliphatic heterocycles. The van der Waals surface area contributed by atoms with E-state index in [9.17, 15) is 31.2 Å². The number of rotatable bonds is 6. The minimum absolute atomic E-state index is 0.0562. The number of fused-ring (bicyclic) bond motifs is 1. The number of halogens is 5. The van der Waals surface area contributed by atoms with Gasteiger partial charge in [-0.1, -0.05) is 35.3 Å². The Morgan fingerprint density at radius 1 is 1.02 bits per heavy atom. The second-order valence-electron chi connectivity index (χ2n) is 10.0.